The van der Waals surface area contributed by atoms with Gasteiger partial charge in [0.25, 0.3) is 0 Å². The Morgan fingerprint density at radius 1 is 0.286 bits per heavy atom. The first-order valence-corrected chi connectivity index (χ1v) is 13.9. The van der Waals surface area contributed by atoms with Crippen LogP contribution in [0.5, 0.6) is 0 Å². The molecule has 198 valence electrons. The molecule has 7 aromatic rings. The normalized spacial score (nSPS) is 10.9. The lowest BCUT2D eigenvalue weighted by Crippen LogP contribution is -2.00. The first kappa shape index (κ1) is 25.2. The van der Waals surface area contributed by atoms with Crippen LogP contribution in [0.2, 0.25) is 0 Å². The van der Waals surface area contributed by atoms with Crippen LogP contribution in [0.25, 0.3) is 67.7 Å². The Hall–Kier alpha value is -5.74. The van der Waals surface area contributed by atoms with Crippen molar-refractivity contribution in [3.05, 3.63) is 158 Å². The van der Waals surface area contributed by atoms with Crippen LogP contribution < -0.4 is 0 Å². The smallest absolute Gasteiger partial charge is 0.164 e. The number of pyridine rings is 1. The molecular formula is C38H26N4. The van der Waals surface area contributed by atoms with Crippen LogP contribution in [0.4, 0.5) is 0 Å². The van der Waals surface area contributed by atoms with Gasteiger partial charge in [-0.3, -0.25) is 4.98 Å². The van der Waals surface area contributed by atoms with E-state index in [1.54, 1.807) is 0 Å². The van der Waals surface area contributed by atoms with Gasteiger partial charge in [-0.1, -0.05) is 133 Å². The van der Waals surface area contributed by atoms with Crippen molar-refractivity contribution in [3.63, 3.8) is 0 Å². The first-order valence-electron chi connectivity index (χ1n) is 13.9. The Morgan fingerprint density at radius 2 is 0.714 bits per heavy atom. The number of hydrogen-bond acceptors (Lipinski definition) is 4. The van der Waals surface area contributed by atoms with Gasteiger partial charge >= 0.3 is 0 Å². The molecule has 0 bridgehead atoms. The first-order chi connectivity index (χ1) is 20.8. The summed E-state index contributed by atoms with van der Waals surface area (Å²) in [6.45, 7) is 0. The van der Waals surface area contributed by atoms with E-state index in [0.717, 1.165) is 44.6 Å². The highest BCUT2D eigenvalue weighted by atomic mass is 15.0. The van der Waals surface area contributed by atoms with Crippen molar-refractivity contribution in [2.24, 2.45) is 0 Å². The molecule has 0 aliphatic rings. The van der Waals surface area contributed by atoms with Crippen molar-refractivity contribution in [1.82, 2.24) is 19.9 Å². The molecule has 42 heavy (non-hydrogen) atoms. The average molecular weight is 539 g/mol. The Labute approximate surface area is 245 Å². The summed E-state index contributed by atoms with van der Waals surface area (Å²) in [7, 11) is 0. The summed E-state index contributed by atoms with van der Waals surface area (Å²) in [6, 6.07) is 51.5. The number of nitrogens with zero attached hydrogens (tertiary/aromatic N) is 4. The molecule has 0 radical (unpaired) electrons. The van der Waals surface area contributed by atoms with E-state index in [4.69, 9.17) is 15.0 Å². The maximum absolute atomic E-state index is 4.89. The van der Waals surface area contributed by atoms with E-state index < -0.39 is 0 Å². The fourth-order valence-corrected chi connectivity index (χ4v) is 5.01. The Kier molecular flexibility index (Phi) is 6.85. The summed E-state index contributed by atoms with van der Waals surface area (Å²) in [5.74, 6) is 1.95. The molecule has 2 heterocycles. The monoisotopic (exact) mass is 538 g/mol. The van der Waals surface area contributed by atoms with Crippen molar-refractivity contribution in [2.75, 3.05) is 0 Å². The molecular weight excluding hydrogens is 512 g/mol. The minimum absolute atomic E-state index is 0.642. The molecule has 0 aliphatic carbocycles. The van der Waals surface area contributed by atoms with E-state index in [9.17, 15) is 0 Å². The second-order valence-electron chi connectivity index (χ2n) is 9.99. The van der Waals surface area contributed by atoms with Gasteiger partial charge < -0.3 is 0 Å². The molecule has 0 saturated heterocycles. The highest BCUT2D eigenvalue weighted by Crippen LogP contribution is 2.30. The molecule has 0 unspecified atom stereocenters. The van der Waals surface area contributed by atoms with Gasteiger partial charge in [-0.2, -0.15) is 0 Å². The van der Waals surface area contributed by atoms with E-state index in [2.05, 4.69) is 83.8 Å². The van der Waals surface area contributed by atoms with Crippen molar-refractivity contribution in [2.45, 2.75) is 0 Å². The van der Waals surface area contributed by atoms with E-state index in [-0.39, 0.29) is 0 Å². The number of hydrogen-bond donors (Lipinski definition) is 0. The summed E-state index contributed by atoms with van der Waals surface area (Å²) in [4.78, 5) is 19.2. The highest BCUT2D eigenvalue weighted by molar-refractivity contribution is 5.75. The lowest BCUT2D eigenvalue weighted by atomic mass is 9.99. The highest BCUT2D eigenvalue weighted by Gasteiger charge is 2.13. The van der Waals surface area contributed by atoms with E-state index in [0.29, 0.717) is 17.5 Å². The molecule has 0 saturated carbocycles. The molecule has 2 aromatic heterocycles. The third kappa shape index (κ3) is 5.34. The van der Waals surface area contributed by atoms with Gasteiger partial charge in [-0.15, -0.1) is 0 Å². The largest absolute Gasteiger partial charge is 0.256 e. The van der Waals surface area contributed by atoms with Crippen molar-refractivity contribution in [3.8, 4) is 67.7 Å². The van der Waals surface area contributed by atoms with Crippen LogP contribution in [-0.4, -0.2) is 19.9 Å². The second-order valence-corrected chi connectivity index (χ2v) is 9.99. The third-order valence-corrected chi connectivity index (χ3v) is 7.20. The SMILES string of the molecule is c1ccc(-c2ccnc(-c3ccc(-c4cccc(-c5nc(-c6ccccc6)nc(-c6ccccc6)n5)c4)cc3)c2)cc1. The quantitative estimate of drug-likeness (QED) is 0.212. The topological polar surface area (TPSA) is 51.6 Å². The van der Waals surface area contributed by atoms with Gasteiger partial charge in [0.15, 0.2) is 17.5 Å². The van der Waals surface area contributed by atoms with Crippen LogP contribution >= 0.6 is 0 Å². The molecule has 0 aliphatic heterocycles. The van der Waals surface area contributed by atoms with Gasteiger partial charge in [0, 0.05) is 28.5 Å². The summed E-state index contributed by atoms with van der Waals surface area (Å²) in [6.07, 6.45) is 1.87. The third-order valence-electron chi connectivity index (χ3n) is 7.20. The lowest BCUT2D eigenvalue weighted by Gasteiger charge is -2.10. The van der Waals surface area contributed by atoms with Crippen LogP contribution in [-0.2, 0) is 0 Å². The van der Waals surface area contributed by atoms with Crippen LogP contribution in [0.1, 0.15) is 0 Å². The molecule has 5 aromatic carbocycles. The van der Waals surface area contributed by atoms with Gasteiger partial charge in [-0.05, 0) is 40.5 Å². The molecule has 7 rings (SSSR count). The standard InChI is InChI=1S/C38H26N4/c1-4-11-27(12-5-1)33-23-24-39-35(26-33)29-21-19-28(20-22-29)32-17-10-18-34(25-32)38-41-36(30-13-6-2-7-14-30)40-37(42-38)31-15-8-3-9-16-31/h1-26H. The van der Waals surface area contributed by atoms with Crippen LogP contribution in [0.15, 0.2) is 158 Å². The summed E-state index contributed by atoms with van der Waals surface area (Å²) < 4.78 is 0. The molecule has 0 fully saturated rings. The molecule has 4 nitrogen and oxygen atoms in total. The van der Waals surface area contributed by atoms with E-state index in [1.807, 2.05) is 79.0 Å². The Balaban J connectivity index is 1.23. The van der Waals surface area contributed by atoms with Gasteiger partial charge in [-0.25, -0.2) is 15.0 Å². The molecule has 4 heteroatoms. The zero-order valence-corrected chi connectivity index (χ0v) is 22.8. The number of aromatic nitrogens is 4. The maximum atomic E-state index is 4.89. The average Bonchev–Trinajstić information content (AvgIpc) is 3.09. The molecule has 0 spiro atoms. The Bertz CT molecular complexity index is 1900. The molecule has 0 atom stereocenters. The van der Waals surface area contributed by atoms with Crippen molar-refractivity contribution in [1.29, 1.82) is 0 Å². The van der Waals surface area contributed by atoms with Crippen molar-refractivity contribution < 1.29 is 0 Å². The molecule has 0 N–H and O–H groups in total. The number of rotatable bonds is 6. The molecule has 0 amide bonds. The number of benzene rings is 5. The summed E-state index contributed by atoms with van der Waals surface area (Å²) >= 11 is 0. The Morgan fingerprint density at radius 3 is 1.31 bits per heavy atom. The second kappa shape index (κ2) is 11.4. The predicted octanol–water partition coefficient (Wildman–Crippen LogP) is 9.27. The zero-order chi connectivity index (χ0) is 28.1. The zero-order valence-electron chi connectivity index (χ0n) is 22.8. The minimum Gasteiger partial charge on any atom is -0.256 e. The lowest BCUT2D eigenvalue weighted by molar-refractivity contribution is 1.07. The van der Waals surface area contributed by atoms with E-state index in [1.165, 1.54) is 5.56 Å². The van der Waals surface area contributed by atoms with Gasteiger partial charge in [0.05, 0.1) is 5.69 Å². The fraction of sp³-hybridized carbons (Fsp3) is 0. The van der Waals surface area contributed by atoms with Gasteiger partial charge in [0.1, 0.15) is 0 Å². The van der Waals surface area contributed by atoms with Crippen LogP contribution in [0.3, 0.4) is 0 Å². The minimum atomic E-state index is 0.642. The summed E-state index contributed by atoms with van der Waals surface area (Å²) in [5, 5.41) is 0. The maximum Gasteiger partial charge on any atom is 0.164 e. The fourth-order valence-electron chi connectivity index (χ4n) is 5.01. The van der Waals surface area contributed by atoms with E-state index >= 15 is 0 Å². The summed E-state index contributed by atoms with van der Waals surface area (Å²) in [5.41, 5.74) is 9.40. The predicted molar refractivity (Wildman–Crippen MR) is 170 cm³/mol. The van der Waals surface area contributed by atoms with Crippen molar-refractivity contribution >= 4 is 0 Å². The van der Waals surface area contributed by atoms with Gasteiger partial charge in [0.2, 0.25) is 0 Å². The van der Waals surface area contributed by atoms with Crippen LogP contribution in [0, 0.1) is 0 Å².